The smallest absolute Gasteiger partial charge is 0.0591 e. The van der Waals surface area contributed by atoms with Crippen molar-refractivity contribution >= 4 is 0 Å². The van der Waals surface area contributed by atoms with E-state index in [1.54, 1.807) is 0 Å². The van der Waals surface area contributed by atoms with Crippen molar-refractivity contribution < 1.29 is 10.2 Å². The van der Waals surface area contributed by atoms with Crippen LogP contribution in [-0.4, -0.2) is 22.4 Å². The number of aliphatic hydroxyl groups excluding tert-OH is 1. The van der Waals surface area contributed by atoms with Crippen LogP contribution >= 0.6 is 0 Å². The molecule has 1 atom stereocenters. The van der Waals surface area contributed by atoms with Crippen molar-refractivity contribution in [3.63, 3.8) is 0 Å². The lowest BCUT2D eigenvalue weighted by Gasteiger charge is -2.17. The highest BCUT2D eigenvalue weighted by atomic mass is 16.3. The predicted molar refractivity (Wildman–Crippen MR) is 60.2 cm³/mol. The van der Waals surface area contributed by atoms with Gasteiger partial charge in [0.05, 0.1) is 5.60 Å². The third kappa shape index (κ3) is 9.75. The molecule has 14 heavy (non-hydrogen) atoms. The SMILES string of the molecule is C[C@H](C=CCCO)CCCC(C)(C)O. The summed E-state index contributed by atoms with van der Waals surface area (Å²) < 4.78 is 0. The Morgan fingerprint density at radius 2 is 2.00 bits per heavy atom. The zero-order chi connectivity index (χ0) is 11.0. The fourth-order valence-corrected chi connectivity index (χ4v) is 1.36. The largest absolute Gasteiger partial charge is 0.396 e. The van der Waals surface area contributed by atoms with E-state index >= 15 is 0 Å². The molecule has 0 saturated heterocycles. The van der Waals surface area contributed by atoms with Crippen molar-refractivity contribution in [2.75, 3.05) is 6.61 Å². The molecule has 0 aliphatic carbocycles. The minimum Gasteiger partial charge on any atom is -0.396 e. The molecule has 0 bridgehead atoms. The maximum atomic E-state index is 9.49. The van der Waals surface area contributed by atoms with Crippen molar-refractivity contribution in [1.29, 1.82) is 0 Å². The molecule has 0 radical (unpaired) electrons. The van der Waals surface area contributed by atoms with Crippen LogP contribution in [0.2, 0.25) is 0 Å². The molecular weight excluding hydrogens is 176 g/mol. The molecule has 0 unspecified atom stereocenters. The van der Waals surface area contributed by atoms with Gasteiger partial charge >= 0.3 is 0 Å². The maximum Gasteiger partial charge on any atom is 0.0591 e. The van der Waals surface area contributed by atoms with Crippen LogP contribution in [0.4, 0.5) is 0 Å². The standard InChI is InChI=1S/C12H24O2/c1-11(7-4-5-10-13)8-6-9-12(2,3)14/h4,7,11,13-14H,5-6,8-10H2,1-3H3/t11-/m1/s1. The zero-order valence-corrected chi connectivity index (χ0v) is 9.66. The second-order valence-electron chi connectivity index (χ2n) is 4.62. The van der Waals surface area contributed by atoms with Gasteiger partial charge in [-0.05, 0) is 39.0 Å². The van der Waals surface area contributed by atoms with Crippen LogP contribution in [0.3, 0.4) is 0 Å². The molecule has 0 aromatic heterocycles. The summed E-state index contributed by atoms with van der Waals surface area (Å²) >= 11 is 0. The molecule has 2 N–H and O–H groups in total. The highest BCUT2D eigenvalue weighted by molar-refractivity contribution is 4.86. The van der Waals surface area contributed by atoms with Crippen LogP contribution < -0.4 is 0 Å². The molecule has 84 valence electrons. The summed E-state index contributed by atoms with van der Waals surface area (Å²) in [5.74, 6) is 0.545. The first-order valence-electron chi connectivity index (χ1n) is 5.45. The van der Waals surface area contributed by atoms with Crippen molar-refractivity contribution in [1.82, 2.24) is 0 Å². The second-order valence-corrected chi connectivity index (χ2v) is 4.62. The average molecular weight is 200 g/mol. The minimum atomic E-state index is -0.533. The van der Waals surface area contributed by atoms with Crippen LogP contribution in [0.15, 0.2) is 12.2 Å². The summed E-state index contributed by atoms with van der Waals surface area (Å²) in [7, 11) is 0. The Morgan fingerprint density at radius 1 is 1.36 bits per heavy atom. The molecule has 0 aliphatic rings. The number of aliphatic hydroxyl groups is 2. The summed E-state index contributed by atoms with van der Waals surface area (Å²) in [5, 5.41) is 18.1. The highest BCUT2D eigenvalue weighted by Gasteiger charge is 2.11. The summed E-state index contributed by atoms with van der Waals surface area (Å²) in [4.78, 5) is 0. The first-order chi connectivity index (χ1) is 6.45. The zero-order valence-electron chi connectivity index (χ0n) is 9.66. The monoisotopic (exact) mass is 200 g/mol. The molecule has 0 rings (SSSR count). The number of allylic oxidation sites excluding steroid dienone is 1. The van der Waals surface area contributed by atoms with Gasteiger partial charge in [0.15, 0.2) is 0 Å². The average Bonchev–Trinajstić information content (AvgIpc) is 2.02. The predicted octanol–water partition coefficient (Wildman–Crippen LogP) is 2.50. The molecule has 2 heteroatoms. The molecule has 0 aromatic rings. The van der Waals surface area contributed by atoms with Gasteiger partial charge in [0.25, 0.3) is 0 Å². The van der Waals surface area contributed by atoms with Gasteiger partial charge < -0.3 is 10.2 Å². The van der Waals surface area contributed by atoms with E-state index in [-0.39, 0.29) is 6.61 Å². The number of hydrogen-bond donors (Lipinski definition) is 2. The van der Waals surface area contributed by atoms with Gasteiger partial charge in [0, 0.05) is 6.61 Å². The van der Waals surface area contributed by atoms with Crippen LogP contribution in [0, 0.1) is 5.92 Å². The fourth-order valence-electron chi connectivity index (χ4n) is 1.36. The van der Waals surface area contributed by atoms with E-state index in [1.165, 1.54) is 0 Å². The van der Waals surface area contributed by atoms with Crippen molar-refractivity contribution in [2.45, 2.75) is 52.1 Å². The molecule has 0 spiro atoms. The van der Waals surface area contributed by atoms with Gasteiger partial charge in [0.2, 0.25) is 0 Å². The van der Waals surface area contributed by atoms with Gasteiger partial charge in [-0.25, -0.2) is 0 Å². The lowest BCUT2D eigenvalue weighted by molar-refractivity contribution is 0.0675. The molecule has 0 amide bonds. The Kier molecular flexibility index (Phi) is 6.85. The fraction of sp³-hybridized carbons (Fsp3) is 0.833. The van der Waals surface area contributed by atoms with Gasteiger partial charge in [-0.1, -0.05) is 25.5 Å². The molecule has 0 fully saturated rings. The Labute approximate surface area is 87.7 Å². The van der Waals surface area contributed by atoms with Crippen molar-refractivity contribution in [3.8, 4) is 0 Å². The van der Waals surface area contributed by atoms with Crippen molar-refractivity contribution in [2.24, 2.45) is 5.92 Å². The van der Waals surface area contributed by atoms with Crippen LogP contribution in [0.1, 0.15) is 46.5 Å². The topological polar surface area (TPSA) is 40.5 Å². The second kappa shape index (κ2) is 7.02. The Balaban J connectivity index is 3.49. The molecule has 0 heterocycles. The van der Waals surface area contributed by atoms with E-state index in [4.69, 9.17) is 5.11 Å². The summed E-state index contributed by atoms with van der Waals surface area (Å²) in [6.07, 6.45) is 7.91. The first-order valence-corrected chi connectivity index (χ1v) is 5.45. The van der Waals surface area contributed by atoms with Crippen LogP contribution in [-0.2, 0) is 0 Å². The number of rotatable bonds is 7. The van der Waals surface area contributed by atoms with Gasteiger partial charge in [-0.2, -0.15) is 0 Å². The molecule has 0 saturated carbocycles. The maximum absolute atomic E-state index is 9.49. The molecular formula is C12H24O2. The van der Waals surface area contributed by atoms with E-state index in [2.05, 4.69) is 13.0 Å². The van der Waals surface area contributed by atoms with E-state index in [1.807, 2.05) is 19.9 Å². The van der Waals surface area contributed by atoms with Crippen molar-refractivity contribution in [3.05, 3.63) is 12.2 Å². The molecule has 0 aliphatic heterocycles. The number of hydrogen-bond acceptors (Lipinski definition) is 2. The quantitative estimate of drug-likeness (QED) is 0.620. The van der Waals surface area contributed by atoms with E-state index in [0.29, 0.717) is 5.92 Å². The Hall–Kier alpha value is -0.340. The summed E-state index contributed by atoms with van der Waals surface area (Å²) in [6, 6.07) is 0. The Morgan fingerprint density at radius 3 is 2.50 bits per heavy atom. The minimum absolute atomic E-state index is 0.229. The summed E-state index contributed by atoms with van der Waals surface area (Å²) in [5.41, 5.74) is -0.533. The van der Waals surface area contributed by atoms with Crippen LogP contribution in [0.25, 0.3) is 0 Å². The third-order valence-electron chi connectivity index (χ3n) is 2.21. The first kappa shape index (κ1) is 13.7. The normalized spacial score (nSPS) is 14.9. The van der Waals surface area contributed by atoms with Gasteiger partial charge in [-0.3, -0.25) is 0 Å². The lowest BCUT2D eigenvalue weighted by atomic mass is 9.96. The third-order valence-corrected chi connectivity index (χ3v) is 2.21. The Bertz CT molecular complexity index is 156. The highest BCUT2D eigenvalue weighted by Crippen LogP contribution is 2.16. The molecule has 0 aromatic carbocycles. The van der Waals surface area contributed by atoms with Gasteiger partial charge in [0.1, 0.15) is 0 Å². The van der Waals surface area contributed by atoms with E-state index < -0.39 is 5.60 Å². The molecule has 2 nitrogen and oxygen atoms in total. The van der Waals surface area contributed by atoms with E-state index in [0.717, 1.165) is 25.7 Å². The summed E-state index contributed by atoms with van der Waals surface area (Å²) in [6.45, 7) is 6.09. The van der Waals surface area contributed by atoms with E-state index in [9.17, 15) is 5.11 Å². The van der Waals surface area contributed by atoms with Gasteiger partial charge in [-0.15, -0.1) is 0 Å². The van der Waals surface area contributed by atoms with Crippen LogP contribution in [0.5, 0.6) is 0 Å². The lowest BCUT2D eigenvalue weighted by Crippen LogP contribution is -2.18.